The van der Waals surface area contributed by atoms with Crippen LogP contribution in [0.5, 0.6) is 0 Å². The van der Waals surface area contributed by atoms with Crippen molar-refractivity contribution in [3.63, 3.8) is 0 Å². The maximum atomic E-state index is 5.42. The molecule has 0 aliphatic carbocycles. The predicted molar refractivity (Wildman–Crippen MR) is 250 cm³/mol. The highest BCUT2D eigenvalue weighted by atomic mass is 15.3. The summed E-state index contributed by atoms with van der Waals surface area (Å²) >= 11 is 0. The minimum Gasteiger partial charge on any atom is -0.232 e. The highest BCUT2D eigenvalue weighted by Crippen LogP contribution is 2.42. The summed E-state index contributed by atoms with van der Waals surface area (Å²) in [6.45, 7) is 0. The van der Waals surface area contributed by atoms with Crippen LogP contribution in [-0.2, 0) is 0 Å². The van der Waals surface area contributed by atoms with Gasteiger partial charge in [0.15, 0.2) is 17.5 Å². The van der Waals surface area contributed by atoms with Crippen LogP contribution in [0.15, 0.2) is 224 Å². The number of aromatic nitrogens is 5. The highest BCUT2D eigenvalue weighted by molar-refractivity contribution is 6.17. The van der Waals surface area contributed by atoms with Crippen molar-refractivity contribution >= 4 is 21.7 Å². The van der Waals surface area contributed by atoms with Crippen LogP contribution in [0.4, 0.5) is 0 Å². The van der Waals surface area contributed by atoms with Crippen molar-refractivity contribution in [1.29, 1.82) is 0 Å². The number of hydrogen-bond acceptors (Lipinski definition) is 4. The zero-order valence-electron chi connectivity index (χ0n) is 33.1. The van der Waals surface area contributed by atoms with Crippen LogP contribution in [0.3, 0.4) is 0 Å². The van der Waals surface area contributed by atoms with Crippen LogP contribution >= 0.6 is 0 Å². The molecule has 0 aliphatic rings. The Hall–Kier alpha value is -8.28. The number of rotatable bonds is 8. The maximum Gasteiger partial charge on any atom is 0.164 e. The topological polar surface area (TPSA) is 56.5 Å². The van der Waals surface area contributed by atoms with Gasteiger partial charge in [0.1, 0.15) is 5.69 Å². The van der Waals surface area contributed by atoms with Gasteiger partial charge in [-0.15, -0.1) is 0 Å². The number of fused-ring (bicyclic) bond motifs is 3. The third-order valence-electron chi connectivity index (χ3n) is 11.3. The fraction of sp³-hybridized carbons (Fsp3) is 0. The lowest BCUT2D eigenvalue weighted by Crippen LogP contribution is -2.01. The van der Waals surface area contributed by atoms with E-state index in [2.05, 4.69) is 211 Å². The van der Waals surface area contributed by atoms with Gasteiger partial charge in [0.2, 0.25) is 0 Å². The fourth-order valence-corrected chi connectivity index (χ4v) is 8.27. The average molecular weight is 780 g/mol. The second-order valence-corrected chi connectivity index (χ2v) is 15.1. The molecule has 11 aromatic rings. The second kappa shape index (κ2) is 15.5. The van der Waals surface area contributed by atoms with E-state index in [0.29, 0.717) is 17.5 Å². The fourth-order valence-electron chi connectivity index (χ4n) is 8.27. The Morgan fingerprint density at radius 3 is 1.31 bits per heavy atom. The lowest BCUT2D eigenvalue weighted by molar-refractivity contribution is 0.917. The molecule has 0 N–H and O–H groups in total. The predicted octanol–water partition coefficient (Wildman–Crippen LogP) is 14.0. The van der Waals surface area contributed by atoms with Crippen molar-refractivity contribution in [2.45, 2.75) is 0 Å². The van der Waals surface area contributed by atoms with Gasteiger partial charge in [-0.3, -0.25) is 0 Å². The molecule has 2 aromatic heterocycles. The molecular weight excluding hydrogens is 743 g/mol. The molecule has 0 saturated heterocycles. The average Bonchev–Trinajstić information content (AvgIpc) is 3.76. The Morgan fingerprint density at radius 2 is 0.754 bits per heavy atom. The Balaban J connectivity index is 1.07. The Labute approximate surface area is 354 Å². The van der Waals surface area contributed by atoms with E-state index in [-0.39, 0.29) is 0 Å². The highest BCUT2D eigenvalue weighted by Gasteiger charge is 2.21. The summed E-state index contributed by atoms with van der Waals surface area (Å²) < 4.78 is 2.10. The Bertz CT molecular complexity index is 3220. The molecule has 2 heterocycles. The normalized spacial score (nSPS) is 11.3. The number of nitrogens with zero attached hydrogens (tertiary/aromatic N) is 5. The van der Waals surface area contributed by atoms with Gasteiger partial charge in [-0.05, 0) is 81.2 Å². The van der Waals surface area contributed by atoms with E-state index < -0.39 is 0 Å². The van der Waals surface area contributed by atoms with Gasteiger partial charge in [-0.25, -0.2) is 19.6 Å². The first kappa shape index (κ1) is 35.8. The van der Waals surface area contributed by atoms with E-state index in [1.807, 2.05) is 18.2 Å². The Kier molecular flexibility index (Phi) is 9.10. The zero-order chi connectivity index (χ0) is 40.5. The molecule has 5 heteroatoms. The van der Waals surface area contributed by atoms with Gasteiger partial charge in [0.05, 0.1) is 11.2 Å². The molecule has 61 heavy (non-hydrogen) atoms. The molecule has 0 aliphatic heterocycles. The van der Waals surface area contributed by atoms with E-state index in [9.17, 15) is 0 Å². The molecule has 0 amide bonds. The lowest BCUT2D eigenvalue weighted by atomic mass is 9.94. The first-order valence-corrected chi connectivity index (χ1v) is 20.5. The molecule has 0 spiro atoms. The molecule has 286 valence electrons. The van der Waals surface area contributed by atoms with Gasteiger partial charge in [0, 0.05) is 33.0 Å². The van der Waals surface area contributed by atoms with Crippen LogP contribution in [0.2, 0.25) is 0 Å². The maximum absolute atomic E-state index is 5.42. The molecule has 5 nitrogen and oxygen atoms in total. The summed E-state index contributed by atoms with van der Waals surface area (Å²) in [6, 6.07) is 78.0. The van der Waals surface area contributed by atoms with E-state index in [1.54, 1.807) is 0 Å². The van der Waals surface area contributed by atoms with E-state index in [0.717, 1.165) is 88.7 Å². The zero-order valence-corrected chi connectivity index (χ0v) is 33.1. The first-order valence-electron chi connectivity index (χ1n) is 20.5. The van der Waals surface area contributed by atoms with Gasteiger partial charge >= 0.3 is 0 Å². The molecule has 9 aromatic carbocycles. The van der Waals surface area contributed by atoms with E-state index >= 15 is 0 Å². The van der Waals surface area contributed by atoms with Crippen molar-refractivity contribution in [3.05, 3.63) is 224 Å². The summed E-state index contributed by atoms with van der Waals surface area (Å²) in [5.41, 5.74) is 13.5. The third kappa shape index (κ3) is 6.84. The van der Waals surface area contributed by atoms with Crippen LogP contribution in [0.25, 0.3) is 106 Å². The first-order chi connectivity index (χ1) is 30.2. The van der Waals surface area contributed by atoms with Crippen LogP contribution in [0.1, 0.15) is 0 Å². The monoisotopic (exact) mass is 779 g/mol. The van der Waals surface area contributed by atoms with Gasteiger partial charge in [-0.1, -0.05) is 182 Å². The van der Waals surface area contributed by atoms with Crippen LogP contribution in [-0.4, -0.2) is 24.7 Å². The van der Waals surface area contributed by atoms with Crippen LogP contribution in [0, 0.1) is 0 Å². The largest absolute Gasteiger partial charge is 0.232 e. The lowest BCUT2D eigenvalue weighted by Gasteiger charge is -2.12. The standard InChI is InChI=1S/C56H37N5/c1-5-17-38(18-6-1)43-26-15-28-46(35-43)55-57-54(58-56(59-55)47-29-16-27-44(36-47)39-19-7-2-8-20-39)42-31-33-48(34-32-42)61-53-49-30-14-13-25-45(49)37-50(40-21-9-3-10-22-40)51(53)52(60-61)41-23-11-4-12-24-41/h1-37H. The molecular formula is C56H37N5. The smallest absolute Gasteiger partial charge is 0.164 e. The SMILES string of the molecule is c1ccc(-c2cccc(-c3nc(-c4ccc(-n5nc(-c6ccccc6)c6c(-c7ccccc7)cc7ccccc7c65)cc4)nc(-c4cccc(-c5ccccc5)c4)n3)c2)cc1. The van der Waals surface area contributed by atoms with Gasteiger partial charge in [0.25, 0.3) is 0 Å². The summed E-state index contributed by atoms with van der Waals surface area (Å²) in [4.78, 5) is 15.4. The summed E-state index contributed by atoms with van der Waals surface area (Å²) in [5, 5.41) is 8.83. The molecule has 0 saturated carbocycles. The second-order valence-electron chi connectivity index (χ2n) is 15.1. The van der Waals surface area contributed by atoms with Crippen LogP contribution < -0.4 is 0 Å². The minimum absolute atomic E-state index is 0.592. The minimum atomic E-state index is 0.592. The molecule has 11 rings (SSSR count). The van der Waals surface area contributed by atoms with Gasteiger partial charge in [-0.2, -0.15) is 5.10 Å². The molecule has 0 radical (unpaired) electrons. The summed E-state index contributed by atoms with van der Waals surface area (Å²) in [5.74, 6) is 1.81. The quantitative estimate of drug-likeness (QED) is 0.154. The molecule has 0 fully saturated rings. The van der Waals surface area contributed by atoms with Gasteiger partial charge < -0.3 is 0 Å². The van der Waals surface area contributed by atoms with Crippen molar-refractivity contribution < 1.29 is 0 Å². The van der Waals surface area contributed by atoms with E-state index in [4.69, 9.17) is 20.1 Å². The number of hydrogen-bond donors (Lipinski definition) is 0. The van der Waals surface area contributed by atoms with E-state index in [1.165, 1.54) is 0 Å². The van der Waals surface area contributed by atoms with Crippen molar-refractivity contribution in [2.24, 2.45) is 0 Å². The summed E-state index contributed by atoms with van der Waals surface area (Å²) in [7, 11) is 0. The summed E-state index contributed by atoms with van der Waals surface area (Å²) in [6.07, 6.45) is 0. The number of benzene rings is 9. The molecule has 0 bridgehead atoms. The van der Waals surface area contributed by atoms with Crippen molar-refractivity contribution in [1.82, 2.24) is 24.7 Å². The molecule has 0 unspecified atom stereocenters. The van der Waals surface area contributed by atoms with Crippen molar-refractivity contribution in [2.75, 3.05) is 0 Å². The molecule has 0 atom stereocenters. The van der Waals surface area contributed by atoms with Crippen molar-refractivity contribution in [3.8, 4) is 84.5 Å². The Morgan fingerprint density at radius 1 is 0.311 bits per heavy atom. The third-order valence-corrected chi connectivity index (χ3v) is 11.3.